The smallest absolute Gasteiger partial charge is 0.249 e. The Bertz CT molecular complexity index is 322. The zero-order valence-corrected chi connectivity index (χ0v) is 13.0. The van der Waals surface area contributed by atoms with Crippen LogP contribution in [0.5, 0.6) is 0 Å². The van der Waals surface area contributed by atoms with Gasteiger partial charge >= 0.3 is 0 Å². The third-order valence-electron chi connectivity index (χ3n) is 4.88. The molecule has 2 atom stereocenters. The van der Waals surface area contributed by atoms with Gasteiger partial charge in [-0.15, -0.1) is 0 Å². The fourth-order valence-corrected chi connectivity index (χ4v) is 3.15. The van der Waals surface area contributed by atoms with Gasteiger partial charge in [-0.1, -0.05) is 25.7 Å². The standard InChI is InChI=1S/C16H30N2O2/c1-12(20-14-7-5-3-4-6-8-14)15(19)18-16(2,11-17)13-9-10-13/h12-14H,3-11,17H2,1-2H3,(H,18,19). The normalized spacial score (nSPS) is 25.6. The Labute approximate surface area is 122 Å². The number of carbonyl (C=O) groups excluding carboxylic acids is 1. The first-order valence-corrected chi connectivity index (χ1v) is 8.23. The SMILES string of the molecule is CC(OC1CCCCCC1)C(=O)NC(C)(CN)C1CC1. The molecule has 2 aliphatic rings. The van der Waals surface area contributed by atoms with Crippen LogP contribution in [0, 0.1) is 5.92 Å². The highest BCUT2D eigenvalue weighted by Gasteiger charge is 2.42. The number of ether oxygens (including phenoxy) is 1. The molecule has 0 aromatic rings. The molecule has 2 fully saturated rings. The Morgan fingerprint density at radius 2 is 1.85 bits per heavy atom. The average Bonchev–Trinajstić information content (AvgIpc) is 3.26. The third kappa shape index (κ3) is 4.19. The van der Waals surface area contributed by atoms with E-state index in [2.05, 4.69) is 12.2 Å². The molecule has 0 aromatic carbocycles. The van der Waals surface area contributed by atoms with Crippen LogP contribution >= 0.6 is 0 Å². The zero-order valence-electron chi connectivity index (χ0n) is 13.0. The molecular formula is C16H30N2O2. The Morgan fingerprint density at radius 1 is 1.25 bits per heavy atom. The Morgan fingerprint density at radius 3 is 2.35 bits per heavy atom. The van der Waals surface area contributed by atoms with Gasteiger partial charge in [-0.25, -0.2) is 0 Å². The number of hydrogen-bond acceptors (Lipinski definition) is 3. The molecule has 0 saturated heterocycles. The summed E-state index contributed by atoms with van der Waals surface area (Å²) < 4.78 is 5.97. The number of nitrogens with two attached hydrogens (primary N) is 1. The minimum Gasteiger partial charge on any atom is -0.365 e. The van der Waals surface area contributed by atoms with Crippen LogP contribution in [0.15, 0.2) is 0 Å². The van der Waals surface area contributed by atoms with Crippen LogP contribution in [0.1, 0.15) is 65.2 Å². The van der Waals surface area contributed by atoms with E-state index in [9.17, 15) is 4.79 Å². The second kappa shape index (κ2) is 6.90. The molecule has 4 nitrogen and oxygen atoms in total. The molecule has 20 heavy (non-hydrogen) atoms. The number of rotatable bonds is 6. The second-order valence-electron chi connectivity index (χ2n) is 6.78. The van der Waals surface area contributed by atoms with Crippen molar-refractivity contribution in [2.75, 3.05) is 6.54 Å². The number of carbonyl (C=O) groups is 1. The first-order valence-electron chi connectivity index (χ1n) is 8.23. The van der Waals surface area contributed by atoms with E-state index in [1.54, 1.807) is 0 Å². The van der Waals surface area contributed by atoms with Crippen LogP contribution in [0.3, 0.4) is 0 Å². The average molecular weight is 282 g/mol. The van der Waals surface area contributed by atoms with Gasteiger partial charge < -0.3 is 15.8 Å². The molecule has 2 saturated carbocycles. The summed E-state index contributed by atoms with van der Waals surface area (Å²) in [6.07, 6.45) is 9.45. The van der Waals surface area contributed by atoms with E-state index < -0.39 is 0 Å². The largest absolute Gasteiger partial charge is 0.365 e. The molecule has 0 spiro atoms. The summed E-state index contributed by atoms with van der Waals surface area (Å²) in [6.45, 7) is 4.42. The predicted octanol–water partition coefficient (Wildman–Crippen LogP) is 2.36. The quantitative estimate of drug-likeness (QED) is 0.735. The molecule has 1 amide bonds. The van der Waals surface area contributed by atoms with Gasteiger partial charge in [0.1, 0.15) is 6.10 Å². The third-order valence-corrected chi connectivity index (χ3v) is 4.88. The molecule has 0 bridgehead atoms. The molecule has 0 aliphatic heterocycles. The van der Waals surface area contributed by atoms with Crippen molar-refractivity contribution in [3.05, 3.63) is 0 Å². The monoisotopic (exact) mass is 282 g/mol. The molecule has 2 unspecified atom stereocenters. The number of hydrogen-bond donors (Lipinski definition) is 2. The predicted molar refractivity (Wildman–Crippen MR) is 80.4 cm³/mol. The van der Waals surface area contributed by atoms with Crippen LogP contribution in [0.4, 0.5) is 0 Å². The first kappa shape index (κ1) is 15.8. The van der Waals surface area contributed by atoms with Crippen molar-refractivity contribution >= 4 is 5.91 Å². The van der Waals surface area contributed by atoms with Crippen LogP contribution in [0.2, 0.25) is 0 Å². The van der Waals surface area contributed by atoms with E-state index in [1.165, 1.54) is 38.5 Å². The van der Waals surface area contributed by atoms with E-state index >= 15 is 0 Å². The minimum absolute atomic E-state index is 0.00547. The van der Waals surface area contributed by atoms with Crippen molar-refractivity contribution in [1.29, 1.82) is 0 Å². The van der Waals surface area contributed by atoms with Gasteiger partial charge in [0.25, 0.3) is 0 Å². The van der Waals surface area contributed by atoms with Gasteiger partial charge in [0, 0.05) is 6.54 Å². The van der Waals surface area contributed by atoms with E-state index in [0.717, 1.165) is 12.8 Å². The maximum absolute atomic E-state index is 12.3. The van der Waals surface area contributed by atoms with Crippen LogP contribution in [-0.4, -0.2) is 30.2 Å². The van der Waals surface area contributed by atoms with Crippen LogP contribution < -0.4 is 11.1 Å². The van der Waals surface area contributed by atoms with E-state index in [-0.39, 0.29) is 23.7 Å². The lowest BCUT2D eigenvalue weighted by Crippen LogP contribution is -2.55. The van der Waals surface area contributed by atoms with Gasteiger partial charge in [-0.05, 0) is 45.4 Å². The fourth-order valence-electron chi connectivity index (χ4n) is 3.15. The maximum atomic E-state index is 12.3. The summed E-state index contributed by atoms with van der Waals surface area (Å²) in [5, 5.41) is 3.12. The first-order chi connectivity index (χ1) is 9.55. The molecule has 3 N–H and O–H groups in total. The molecule has 0 heterocycles. The van der Waals surface area contributed by atoms with Gasteiger partial charge in [-0.3, -0.25) is 4.79 Å². The Kier molecular flexibility index (Phi) is 5.44. The molecular weight excluding hydrogens is 252 g/mol. The van der Waals surface area contributed by atoms with Crippen molar-refractivity contribution in [1.82, 2.24) is 5.32 Å². The highest BCUT2D eigenvalue weighted by Crippen LogP contribution is 2.39. The lowest BCUT2D eigenvalue weighted by atomic mass is 9.95. The van der Waals surface area contributed by atoms with Crippen molar-refractivity contribution in [3.8, 4) is 0 Å². The highest BCUT2D eigenvalue weighted by molar-refractivity contribution is 5.81. The van der Waals surface area contributed by atoms with Gasteiger partial charge in [0.2, 0.25) is 5.91 Å². The lowest BCUT2D eigenvalue weighted by molar-refractivity contribution is -0.137. The summed E-state index contributed by atoms with van der Waals surface area (Å²) in [7, 11) is 0. The van der Waals surface area contributed by atoms with Crippen molar-refractivity contribution in [2.45, 2.75) is 83.0 Å². The molecule has 2 rings (SSSR count). The van der Waals surface area contributed by atoms with Gasteiger partial charge in [0.15, 0.2) is 0 Å². The van der Waals surface area contributed by atoms with E-state index in [0.29, 0.717) is 12.5 Å². The summed E-state index contributed by atoms with van der Waals surface area (Å²) in [5.41, 5.74) is 5.59. The Balaban J connectivity index is 1.81. The molecule has 116 valence electrons. The molecule has 0 aromatic heterocycles. The second-order valence-corrected chi connectivity index (χ2v) is 6.78. The highest BCUT2D eigenvalue weighted by atomic mass is 16.5. The summed E-state index contributed by atoms with van der Waals surface area (Å²) in [6, 6.07) is 0. The van der Waals surface area contributed by atoms with Crippen molar-refractivity contribution < 1.29 is 9.53 Å². The molecule has 0 radical (unpaired) electrons. The molecule has 4 heteroatoms. The Hall–Kier alpha value is -0.610. The van der Waals surface area contributed by atoms with E-state index in [1.807, 2.05) is 6.92 Å². The van der Waals surface area contributed by atoms with Crippen molar-refractivity contribution in [3.63, 3.8) is 0 Å². The maximum Gasteiger partial charge on any atom is 0.249 e. The summed E-state index contributed by atoms with van der Waals surface area (Å²) in [5.74, 6) is 0.538. The summed E-state index contributed by atoms with van der Waals surface area (Å²) >= 11 is 0. The molecule has 2 aliphatic carbocycles. The number of amides is 1. The van der Waals surface area contributed by atoms with Gasteiger partial charge in [0.05, 0.1) is 11.6 Å². The minimum atomic E-state index is -0.372. The summed E-state index contributed by atoms with van der Waals surface area (Å²) in [4.78, 5) is 12.3. The van der Waals surface area contributed by atoms with E-state index in [4.69, 9.17) is 10.5 Å². The number of nitrogens with one attached hydrogen (secondary N) is 1. The van der Waals surface area contributed by atoms with Crippen LogP contribution in [-0.2, 0) is 9.53 Å². The van der Waals surface area contributed by atoms with Crippen LogP contribution in [0.25, 0.3) is 0 Å². The fraction of sp³-hybridized carbons (Fsp3) is 0.938. The van der Waals surface area contributed by atoms with Gasteiger partial charge in [-0.2, -0.15) is 0 Å². The topological polar surface area (TPSA) is 64.3 Å². The van der Waals surface area contributed by atoms with Crippen molar-refractivity contribution in [2.24, 2.45) is 11.7 Å². The zero-order chi connectivity index (χ0) is 14.6. The lowest BCUT2D eigenvalue weighted by Gasteiger charge is -2.31.